The molecular weight excluding hydrogens is 252 g/mol. The lowest BCUT2D eigenvalue weighted by atomic mass is 9.95. The van der Waals surface area contributed by atoms with Gasteiger partial charge >= 0.3 is 0 Å². The summed E-state index contributed by atoms with van der Waals surface area (Å²) in [6, 6.07) is 4.96. The average Bonchev–Trinajstić information content (AvgIpc) is 2.93. The van der Waals surface area contributed by atoms with Crippen molar-refractivity contribution in [2.75, 3.05) is 26.2 Å². The molecule has 0 bridgehead atoms. The van der Waals surface area contributed by atoms with E-state index in [0.29, 0.717) is 12.0 Å². The van der Waals surface area contributed by atoms with Crippen LogP contribution in [-0.4, -0.2) is 31.1 Å². The van der Waals surface area contributed by atoms with E-state index in [-0.39, 0.29) is 0 Å². The number of piperidine rings is 1. The quantitative estimate of drug-likeness (QED) is 0.853. The van der Waals surface area contributed by atoms with Crippen molar-refractivity contribution in [3.05, 3.63) is 22.4 Å². The molecule has 0 aromatic carbocycles. The van der Waals surface area contributed by atoms with Gasteiger partial charge in [0.25, 0.3) is 0 Å². The highest BCUT2D eigenvalue weighted by Crippen LogP contribution is 2.26. The number of thiophene rings is 1. The Labute approximate surface area is 122 Å². The van der Waals surface area contributed by atoms with E-state index in [2.05, 4.69) is 48.5 Å². The molecule has 108 valence electrons. The normalized spacial score (nSPS) is 20.0. The van der Waals surface area contributed by atoms with Crippen LogP contribution in [-0.2, 0) is 0 Å². The van der Waals surface area contributed by atoms with Crippen molar-refractivity contribution in [3.63, 3.8) is 0 Å². The smallest absolute Gasteiger partial charge is 0.0438 e. The van der Waals surface area contributed by atoms with Crippen molar-refractivity contribution in [1.29, 1.82) is 0 Å². The molecule has 2 nitrogen and oxygen atoms in total. The summed E-state index contributed by atoms with van der Waals surface area (Å²) in [4.78, 5) is 4.05. The summed E-state index contributed by atoms with van der Waals surface area (Å²) >= 11 is 1.88. The fourth-order valence-corrected chi connectivity index (χ4v) is 3.91. The zero-order valence-electron chi connectivity index (χ0n) is 12.6. The van der Waals surface area contributed by atoms with E-state index in [4.69, 9.17) is 0 Å². The van der Waals surface area contributed by atoms with Crippen LogP contribution in [0.15, 0.2) is 17.5 Å². The third-order valence-corrected chi connectivity index (χ3v) is 5.25. The van der Waals surface area contributed by atoms with Crippen LogP contribution in [0.25, 0.3) is 0 Å². The van der Waals surface area contributed by atoms with Crippen molar-refractivity contribution in [2.45, 2.75) is 39.7 Å². The van der Waals surface area contributed by atoms with Gasteiger partial charge in [0, 0.05) is 10.9 Å². The summed E-state index contributed by atoms with van der Waals surface area (Å²) < 4.78 is 0. The topological polar surface area (TPSA) is 15.3 Å². The van der Waals surface area contributed by atoms with Gasteiger partial charge in [-0.1, -0.05) is 26.8 Å². The summed E-state index contributed by atoms with van der Waals surface area (Å²) in [5, 5.41) is 6.00. The Balaban J connectivity index is 1.80. The maximum absolute atomic E-state index is 3.82. The van der Waals surface area contributed by atoms with Crippen LogP contribution in [0.2, 0.25) is 0 Å². The van der Waals surface area contributed by atoms with Gasteiger partial charge in [0.2, 0.25) is 0 Å². The van der Waals surface area contributed by atoms with Gasteiger partial charge in [0.1, 0.15) is 0 Å². The van der Waals surface area contributed by atoms with E-state index in [0.717, 1.165) is 5.92 Å². The zero-order chi connectivity index (χ0) is 13.7. The Morgan fingerprint density at radius 2 is 2.11 bits per heavy atom. The van der Waals surface area contributed by atoms with E-state index in [1.165, 1.54) is 43.9 Å². The minimum atomic E-state index is 0.532. The second-order valence-corrected chi connectivity index (χ2v) is 7.00. The summed E-state index contributed by atoms with van der Waals surface area (Å²) in [5.41, 5.74) is 0. The first kappa shape index (κ1) is 15.0. The van der Waals surface area contributed by atoms with Crippen LogP contribution in [0.5, 0.6) is 0 Å². The molecule has 1 aromatic rings. The molecule has 2 heterocycles. The number of nitrogens with one attached hydrogen (secondary N) is 1. The summed E-state index contributed by atoms with van der Waals surface area (Å²) in [7, 11) is 0. The van der Waals surface area contributed by atoms with E-state index >= 15 is 0 Å². The molecule has 1 aliphatic heterocycles. The highest BCUT2D eigenvalue weighted by atomic mass is 32.1. The second kappa shape index (κ2) is 7.41. The fraction of sp³-hybridized carbons (Fsp3) is 0.750. The molecule has 3 heteroatoms. The second-order valence-electron chi connectivity index (χ2n) is 6.02. The molecule has 0 saturated carbocycles. The zero-order valence-corrected chi connectivity index (χ0v) is 13.4. The van der Waals surface area contributed by atoms with Crippen LogP contribution in [0.3, 0.4) is 0 Å². The van der Waals surface area contributed by atoms with Gasteiger partial charge < -0.3 is 10.2 Å². The Morgan fingerprint density at radius 1 is 1.37 bits per heavy atom. The van der Waals surface area contributed by atoms with Crippen LogP contribution in [0.4, 0.5) is 0 Å². The van der Waals surface area contributed by atoms with E-state index in [1.807, 2.05) is 11.3 Å². The number of hydrogen-bond acceptors (Lipinski definition) is 3. The largest absolute Gasteiger partial charge is 0.309 e. The van der Waals surface area contributed by atoms with Crippen molar-refractivity contribution < 1.29 is 0 Å². The Hall–Kier alpha value is -0.380. The van der Waals surface area contributed by atoms with E-state index in [9.17, 15) is 0 Å². The fourth-order valence-electron chi connectivity index (χ4n) is 2.93. The first-order valence-corrected chi connectivity index (χ1v) is 8.57. The molecular formula is C16H28N2S. The third-order valence-electron chi connectivity index (χ3n) is 4.30. The van der Waals surface area contributed by atoms with E-state index in [1.54, 1.807) is 0 Å². The van der Waals surface area contributed by atoms with Crippen molar-refractivity contribution in [1.82, 2.24) is 10.2 Å². The van der Waals surface area contributed by atoms with Gasteiger partial charge in [0.15, 0.2) is 0 Å². The lowest BCUT2D eigenvalue weighted by molar-refractivity contribution is 0.185. The van der Waals surface area contributed by atoms with Gasteiger partial charge in [-0.15, -0.1) is 11.3 Å². The van der Waals surface area contributed by atoms with Crippen LogP contribution >= 0.6 is 11.3 Å². The molecule has 0 aliphatic carbocycles. The maximum atomic E-state index is 3.82. The minimum absolute atomic E-state index is 0.532. The molecule has 19 heavy (non-hydrogen) atoms. The molecule has 1 aromatic heterocycles. The summed E-state index contributed by atoms with van der Waals surface area (Å²) in [6.07, 6.45) is 2.71. The Bertz CT molecular complexity index is 340. The molecule has 1 unspecified atom stereocenters. The first-order valence-electron chi connectivity index (χ1n) is 7.69. The molecule has 1 aliphatic rings. The molecule has 1 saturated heterocycles. The van der Waals surface area contributed by atoms with Gasteiger partial charge in [0.05, 0.1) is 0 Å². The standard InChI is InChI=1S/C16H28N2S/c1-4-18-9-7-14(8-10-18)12-17-16(13(2)3)15-6-5-11-19-15/h5-6,11,13-14,16-17H,4,7-10,12H2,1-3H3. The predicted molar refractivity (Wildman–Crippen MR) is 84.7 cm³/mol. The maximum Gasteiger partial charge on any atom is 0.0438 e. The summed E-state index contributed by atoms with van der Waals surface area (Å²) in [6.45, 7) is 11.9. The SMILES string of the molecule is CCN1CCC(CNC(c2cccs2)C(C)C)CC1. The van der Waals surface area contributed by atoms with Crippen LogP contribution in [0.1, 0.15) is 44.5 Å². The number of rotatable bonds is 6. The van der Waals surface area contributed by atoms with Crippen molar-refractivity contribution in [3.8, 4) is 0 Å². The van der Waals surface area contributed by atoms with Gasteiger partial charge in [-0.2, -0.15) is 0 Å². The number of nitrogens with zero attached hydrogens (tertiary/aromatic N) is 1. The number of hydrogen-bond donors (Lipinski definition) is 1. The van der Waals surface area contributed by atoms with Crippen molar-refractivity contribution in [2.24, 2.45) is 11.8 Å². The lowest BCUT2D eigenvalue weighted by Crippen LogP contribution is -2.38. The molecule has 2 rings (SSSR count). The van der Waals surface area contributed by atoms with Gasteiger partial charge in [-0.25, -0.2) is 0 Å². The van der Waals surface area contributed by atoms with Crippen LogP contribution in [0, 0.1) is 11.8 Å². The van der Waals surface area contributed by atoms with Gasteiger partial charge in [-0.3, -0.25) is 0 Å². The minimum Gasteiger partial charge on any atom is -0.309 e. The monoisotopic (exact) mass is 280 g/mol. The Morgan fingerprint density at radius 3 is 2.63 bits per heavy atom. The van der Waals surface area contributed by atoms with Gasteiger partial charge in [-0.05, 0) is 62.3 Å². The Kier molecular flexibility index (Phi) is 5.86. The molecule has 1 N–H and O–H groups in total. The number of likely N-dealkylation sites (tertiary alicyclic amines) is 1. The third kappa shape index (κ3) is 4.30. The van der Waals surface area contributed by atoms with Crippen molar-refractivity contribution >= 4 is 11.3 Å². The highest BCUT2D eigenvalue weighted by Gasteiger charge is 2.21. The molecule has 1 fully saturated rings. The first-order chi connectivity index (χ1) is 9.20. The van der Waals surface area contributed by atoms with Crippen LogP contribution < -0.4 is 5.32 Å². The highest BCUT2D eigenvalue weighted by molar-refractivity contribution is 7.10. The molecule has 0 radical (unpaired) electrons. The molecule has 0 amide bonds. The molecule has 1 atom stereocenters. The predicted octanol–water partition coefficient (Wildman–Crippen LogP) is 3.77. The lowest BCUT2D eigenvalue weighted by Gasteiger charge is -2.32. The average molecular weight is 280 g/mol. The summed E-state index contributed by atoms with van der Waals surface area (Å²) in [5.74, 6) is 1.53. The molecule has 0 spiro atoms. The van der Waals surface area contributed by atoms with E-state index < -0.39 is 0 Å².